The van der Waals surface area contributed by atoms with Gasteiger partial charge in [0.1, 0.15) is 4.32 Å². The van der Waals surface area contributed by atoms with Crippen molar-refractivity contribution in [3.63, 3.8) is 0 Å². The highest BCUT2D eigenvalue weighted by Crippen LogP contribution is 2.37. The van der Waals surface area contributed by atoms with Gasteiger partial charge < -0.3 is 14.8 Å². The van der Waals surface area contributed by atoms with E-state index in [4.69, 9.17) is 33.3 Å². The molecule has 4 nitrogen and oxygen atoms in total. The minimum Gasteiger partial charge on any atom is -0.493 e. The molecule has 0 bridgehead atoms. The normalized spacial score (nSPS) is 16.7. The van der Waals surface area contributed by atoms with Gasteiger partial charge in [-0.1, -0.05) is 35.6 Å². The van der Waals surface area contributed by atoms with E-state index in [1.807, 2.05) is 0 Å². The molecule has 0 unspecified atom stereocenters. The lowest BCUT2D eigenvalue weighted by molar-refractivity contribution is -0.115. The Hall–Kier alpha value is -1.24. The predicted molar refractivity (Wildman–Crippen MR) is 80.9 cm³/mol. The Kier molecular flexibility index (Phi) is 4.34. The molecule has 1 saturated heterocycles. The summed E-state index contributed by atoms with van der Waals surface area (Å²) in [5.74, 6) is 0.800. The van der Waals surface area contributed by atoms with Crippen LogP contribution < -0.4 is 14.8 Å². The standard InChI is InChI=1S/C12H10ClNO3S2/c1-16-8-5-7(13)3-6(10(8)17-2)4-9-11(15)14-12(18)19-9/h3-5H,1-2H3,(H,14,15,18). The number of carbonyl (C=O) groups is 1. The molecule has 1 aliphatic heterocycles. The molecular weight excluding hydrogens is 306 g/mol. The number of hydrogen-bond acceptors (Lipinski definition) is 5. The summed E-state index contributed by atoms with van der Waals surface area (Å²) in [6, 6.07) is 3.35. The topological polar surface area (TPSA) is 47.6 Å². The van der Waals surface area contributed by atoms with Crippen LogP contribution in [0.3, 0.4) is 0 Å². The molecular formula is C12H10ClNO3S2. The molecule has 1 amide bonds. The summed E-state index contributed by atoms with van der Waals surface area (Å²) in [6.07, 6.45) is 1.67. The van der Waals surface area contributed by atoms with Gasteiger partial charge in [0.2, 0.25) is 0 Å². The zero-order valence-corrected chi connectivity index (χ0v) is 12.5. The van der Waals surface area contributed by atoms with Crippen LogP contribution in [0.15, 0.2) is 17.0 Å². The molecule has 1 fully saturated rings. The van der Waals surface area contributed by atoms with Gasteiger partial charge in [-0.25, -0.2) is 0 Å². The summed E-state index contributed by atoms with van der Waals surface area (Å²) in [5.41, 5.74) is 0.661. The average Bonchev–Trinajstić information content (AvgIpc) is 2.67. The van der Waals surface area contributed by atoms with Crippen molar-refractivity contribution in [3.05, 3.63) is 27.6 Å². The number of amides is 1. The van der Waals surface area contributed by atoms with Crippen molar-refractivity contribution in [2.75, 3.05) is 14.2 Å². The van der Waals surface area contributed by atoms with Crippen LogP contribution in [-0.2, 0) is 4.79 Å². The number of ether oxygens (including phenoxy) is 2. The molecule has 1 aromatic carbocycles. The molecule has 0 spiro atoms. The van der Waals surface area contributed by atoms with Gasteiger partial charge in [-0.3, -0.25) is 4.79 Å². The molecule has 19 heavy (non-hydrogen) atoms. The van der Waals surface area contributed by atoms with Gasteiger partial charge in [-0.05, 0) is 12.1 Å². The first-order valence-corrected chi connectivity index (χ1v) is 6.81. The van der Waals surface area contributed by atoms with E-state index in [1.165, 1.54) is 26.0 Å². The van der Waals surface area contributed by atoms with E-state index in [9.17, 15) is 4.79 Å². The fraction of sp³-hybridized carbons (Fsp3) is 0.167. The lowest BCUT2D eigenvalue weighted by Gasteiger charge is -2.11. The van der Waals surface area contributed by atoms with Crippen molar-refractivity contribution in [2.45, 2.75) is 0 Å². The molecule has 1 aromatic rings. The summed E-state index contributed by atoms with van der Waals surface area (Å²) < 4.78 is 10.9. The molecule has 0 saturated carbocycles. The third-order valence-electron chi connectivity index (χ3n) is 2.40. The zero-order chi connectivity index (χ0) is 14.0. The van der Waals surface area contributed by atoms with Gasteiger partial charge in [0.05, 0.1) is 19.1 Å². The number of nitrogens with one attached hydrogen (secondary N) is 1. The number of thioether (sulfide) groups is 1. The van der Waals surface area contributed by atoms with Gasteiger partial charge in [0.25, 0.3) is 5.91 Å². The average molecular weight is 316 g/mol. The van der Waals surface area contributed by atoms with Crippen molar-refractivity contribution < 1.29 is 14.3 Å². The smallest absolute Gasteiger partial charge is 0.263 e. The van der Waals surface area contributed by atoms with Crippen LogP contribution in [0, 0.1) is 0 Å². The number of benzene rings is 1. The second-order valence-electron chi connectivity index (χ2n) is 3.58. The highest BCUT2D eigenvalue weighted by Gasteiger charge is 2.23. The van der Waals surface area contributed by atoms with Crippen LogP contribution >= 0.6 is 35.6 Å². The molecule has 7 heteroatoms. The third kappa shape index (κ3) is 3.02. The molecule has 1 N–H and O–H groups in total. The molecule has 0 aliphatic carbocycles. The van der Waals surface area contributed by atoms with Gasteiger partial charge in [0.15, 0.2) is 11.5 Å². The van der Waals surface area contributed by atoms with Crippen LogP contribution in [0.25, 0.3) is 6.08 Å². The maximum Gasteiger partial charge on any atom is 0.263 e. The first-order valence-electron chi connectivity index (χ1n) is 5.21. The number of carbonyl (C=O) groups excluding carboxylic acids is 1. The SMILES string of the molecule is COc1cc(Cl)cc(C=C2SC(=S)NC2=O)c1OC. The summed E-state index contributed by atoms with van der Waals surface area (Å²) in [4.78, 5) is 12.1. The Labute approximate surface area is 125 Å². The summed E-state index contributed by atoms with van der Waals surface area (Å²) >= 11 is 12.1. The summed E-state index contributed by atoms with van der Waals surface area (Å²) in [7, 11) is 3.05. The zero-order valence-electron chi connectivity index (χ0n) is 10.2. The molecule has 0 aromatic heterocycles. The molecule has 1 aliphatic rings. The Balaban J connectivity index is 2.50. The van der Waals surface area contributed by atoms with Crippen molar-refractivity contribution in [2.24, 2.45) is 0 Å². The first-order chi connectivity index (χ1) is 9.05. The number of methoxy groups -OCH3 is 2. The van der Waals surface area contributed by atoms with E-state index >= 15 is 0 Å². The van der Waals surface area contributed by atoms with Crippen molar-refractivity contribution in [1.82, 2.24) is 5.32 Å². The number of rotatable bonds is 3. The second kappa shape index (κ2) is 5.81. The van der Waals surface area contributed by atoms with Crippen molar-refractivity contribution >= 4 is 51.9 Å². The van der Waals surface area contributed by atoms with Crippen molar-refractivity contribution in [1.29, 1.82) is 0 Å². The van der Waals surface area contributed by atoms with E-state index in [0.29, 0.717) is 31.3 Å². The lowest BCUT2D eigenvalue weighted by Crippen LogP contribution is -2.17. The van der Waals surface area contributed by atoms with Gasteiger partial charge in [-0.2, -0.15) is 0 Å². The van der Waals surface area contributed by atoms with Gasteiger partial charge in [-0.15, -0.1) is 0 Å². The van der Waals surface area contributed by atoms with Crippen LogP contribution in [0.5, 0.6) is 11.5 Å². The number of thiocarbonyl (C=S) groups is 1. The Morgan fingerprint density at radius 1 is 1.37 bits per heavy atom. The maximum absolute atomic E-state index is 11.6. The summed E-state index contributed by atoms with van der Waals surface area (Å²) in [5, 5.41) is 3.05. The van der Waals surface area contributed by atoms with E-state index in [1.54, 1.807) is 18.2 Å². The maximum atomic E-state index is 11.6. The first kappa shape index (κ1) is 14.2. The predicted octanol–water partition coefficient (Wildman–Crippen LogP) is 2.85. The Morgan fingerprint density at radius 2 is 2.11 bits per heavy atom. The Bertz CT molecular complexity index is 587. The quantitative estimate of drug-likeness (QED) is 0.686. The highest BCUT2D eigenvalue weighted by atomic mass is 35.5. The number of halogens is 1. The molecule has 2 rings (SSSR count). The lowest BCUT2D eigenvalue weighted by atomic mass is 10.1. The number of hydrogen-bond donors (Lipinski definition) is 1. The van der Waals surface area contributed by atoms with E-state index < -0.39 is 0 Å². The monoisotopic (exact) mass is 315 g/mol. The Morgan fingerprint density at radius 3 is 2.63 bits per heavy atom. The minimum absolute atomic E-state index is 0.226. The van der Waals surface area contributed by atoms with Crippen LogP contribution in [0.1, 0.15) is 5.56 Å². The van der Waals surface area contributed by atoms with Crippen molar-refractivity contribution in [3.8, 4) is 11.5 Å². The van der Waals surface area contributed by atoms with Gasteiger partial charge in [0, 0.05) is 16.7 Å². The second-order valence-corrected chi connectivity index (χ2v) is 5.74. The molecule has 0 atom stereocenters. The van der Waals surface area contributed by atoms with E-state index in [0.717, 1.165) is 0 Å². The molecule has 1 heterocycles. The fourth-order valence-electron chi connectivity index (χ4n) is 1.63. The van der Waals surface area contributed by atoms with Crippen LogP contribution in [0.2, 0.25) is 5.02 Å². The van der Waals surface area contributed by atoms with Crippen LogP contribution in [0.4, 0.5) is 0 Å². The molecule has 100 valence electrons. The molecule has 0 radical (unpaired) electrons. The highest BCUT2D eigenvalue weighted by molar-refractivity contribution is 8.26. The largest absolute Gasteiger partial charge is 0.493 e. The van der Waals surface area contributed by atoms with E-state index in [2.05, 4.69) is 5.32 Å². The third-order valence-corrected chi connectivity index (χ3v) is 3.78. The van der Waals surface area contributed by atoms with Crippen LogP contribution in [-0.4, -0.2) is 24.4 Å². The fourth-order valence-corrected chi connectivity index (χ4v) is 2.88. The summed E-state index contributed by atoms with van der Waals surface area (Å²) in [6.45, 7) is 0. The van der Waals surface area contributed by atoms with E-state index in [-0.39, 0.29) is 5.91 Å². The van der Waals surface area contributed by atoms with Gasteiger partial charge >= 0.3 is 0 Å². The minimum atomic E-state index is -0.226.